The van der Waals surface area contributed by atoms with Crippen molar-refractivity contribution in [3.63, 3.8) is 0 Å². The lowest BCUT2D eigenvalue weighted by Crippen LogP contribution is -2.52. The van der Waals surface area contributed by atoms with Crippen LogP contribution in [-0.4, -0.2) is 73.0 Å². The summed E-state index contributed by atoms with van der Waals surface area (Å²) < 4.78 is 32.2. The minimum absolute atomic E-state index is 0.0594. The number of nitrogens with one attached hydrogen (secondary N) is 2. The Morgan fingerprint density at radius 2 is 1.89 bits per heavy atom. The summed E-state index contributed by atoms with van der Waals surface area (Å²) in [6.45, 7) is 4.21. The number of furan rings is 1. The first kappa shape index (κ1) is 19.1. The summed E-state index contributed by atoms with van der Waals surface area (Å²) in [5.41, 5.74) is 0.759. The van der Waals surface area contributed by atoms with Crippen molar-refractivity contribution in [1.82, 2.24) is 24.7 Å². The highest BCUT2D eigenvalue weighted by atomic mass is 32.2. The zero-order valence-electron chi connectivity index (χ0n) is 15.1. The Hall–Kier alpha value is -2.66. The largest absolute Gasteiger partial charge is 0.459 e. The Morgan fingerprint density at radius 3 is 2.44 bits per heavy atom. The van der Waals surface area contributed by atoms with Gasteiger partial charge in [0.25, 0.3) is 5.91 Å². The normalized spacial score (nSPS) is 15.2. The minimum Gasteiger partial charge on any atom is -0.459 e. The Labute approximate surface area is 156 Å². The number of hydrogen-bond acceptors (Lipinski definition) is 6. The second-order valence-electron chi connectivity index (χ2n) is 6.24. The number of rotatable bonds is 5. The molecule has 2 N–H and O–H groups in total. The van der Waals surface area contributed by atoms with Crippen molar-refractivity contribution < 1.29 is 22.4 Å². The summed E-state index contributed by atoms with van der Waals surface area (Å²) in [5.74, 6) is -0.311. The molecule has 3 heterocycles. The number of piperazine rings is 1. The number of nitrogens with zero attached hydrogens (tertiary/aromatic N) is 3. The van der Waals surface area contributed by atoms with Gasteiger partial charge in [0.2, 0.25) is 15.9 Å². The molecule has 1 aliphatic rings. The molecule has 2 aromatic heterocycles. The van der Waals surface area contributed by atoms with Gasteiger partial charge in [-0.1, -0.05) is 0 Å². The Morgan fingerprint density at radius 1 is 1.22 bits per heavy atom. The summed E-state index contributed by atoms with van der Waals surface area (Å²) in [4.78, 5) is 27.8. The predicted molar refractivity (Wildman–Crippen MR) is 94.4 cm³/mol. The van der Waals surface area contributed by atoms with Gasteiger partial charge >= 0.3 is 0 Å². The van der Waals surface area contributed by atoms with E-state index in [1.807, 2.05) is 0 Å². The van der Waals surface area contributed by atoms with E-state index in [4.69, 9.17) is 4.42 Å². The lowest BCUT2D eigenvalue weighted by atomic mass is 10.3. The van der Waals surface area contributed by atoms with Gasteiger partial charge in [0, 0.05) is 26.2 Å². The highest BCUT2D eigenvalue weighted by Gasteiger charge is 2.28. The molecule has 0 aliphatic carbocycles. The van der Waals surface area contributed by atoms with E-state index in [0.29, 0.717) is 37.6 Å². The highest BCUT2D eigenvalue weighted by Crippen LogP contribution is 2.16. The van der Waals surface area contributed by atoms with E-state index in [1.54, 1.807) is 30.9 Å². The zero-order valence-corrected chi connectivity index (χ0v) is 15.9. The number of hydrogen-bond donors (Lipinski definition) is 2. The van der Waals surface area contributed by atoms with E-state index in [2.05, 4.69) is 14.9 Å². The Balaban J connectivity index is 1.53. The lowest BCUT2D eigenvalue weighted by molar-refractivity contribution is -0.131. The highest BCUT2D eigenvalue weighted by molar-refractivity contribution is 7.89. The maximum absolute atomic E-state index is 12.4. The summed E-state index contributed by atoms with van der Waals surface area (Å²) in [6.07, 6.45) is 1.43. The summed E-state index contributed by atoms with van der Waals surface area (Å²) in [7, 11) is -3.83. The number of carbonyl (C=O) groups is 2. The molecule has 0 aromatic carbocycles. The van der Waals surface area contributed by atoms with Crippen molar-refractivity contribution >= 4 is 21.8 Å². The van der Waals surface area contributed by atoms with E-state index in [9.17, 15) is 18.0 Å². The number of H-pyrrole nitrogens is 1. The maximum atomic E-state index is 12.4. The monoisotopic (exact) mass is 395 g/mol. The van der Waals surface area contributed by atoms with Gasteiger partial charge in [-0.15, -0.1) is 0 Å². The Kier molecular flexibility index (Phi) is 5.33. The number of amides is 2. The third kappa shape index (κ3) is 4.03. The minimum atomic E-state index is -3.83. The fourth-order valence-corrected chi connectivity index (χ4v) is 4.33. The molecule has 27 heavy (non-hydrogen) atoms. The van der Waals surface area contributed by atoms with Crippen LogP contribution < -0.4 is 4.72 Å². The fraction of sp³-hybridized carbons (Fsp3) is 0.438. The van der Waals surface area contributed by atoms with Crippen LogP contribution in [0.5, 0.6) is 0 Å². The van der Waals surface area contributed by atoms with Crippen molar-refractivity contribution in [2.45, 2.75) is 18.7 Å². The summed E-state index contributed by atoms with van der Waals surface area (Å²) in [5, 5.41) is 6.47. The van der Waals surface area contributed by atoms with Gasteiger partial charge in [0.1, 0.15) is 4.90 Å². The molecule has 11 heteroatoms. The smallest absolute Gasteiger partial charge is 0.289 e. The average Bonchev–Trinajstić information content (AvgIpc) is 3.29. The van der Waals surface area contributed by atoms with E-state index < -0.39 is 10.0 Å². The molecule has 2 amide bonds. The van der Waals surface area contributed by atoms with Crippen molar-refractivity contribution in [1.29, 1.82) is 0 Å². The number of carbonyl (C=O) groups excluding carboxylic acids is 2. The van der Waals surface area contributed by atoms with E-state index >= 15 is 0 Å². The lowest BCUT2D eigenvalue weighted by Gasteiger charge is -2.34. The molecular weight excluding hydrogens is 374 g/mol. The van der Waals surface area contributed by atoms with Gasteiger partial charge in [0.15, 0.2) is 5.76 Å². The molecule has 2 aromatic rings. The van der Waals surface area contributed by atoms with Gasteiger partial charge in [-0.2, -0.15) is 5.10 Å². The summed E-state index contributed by atoms with van der Waals surface area (Å²) >= 11 is 0. The molecule has 0 spiro atoms. The van der Waals surface area contributed by atoms with Crippen molar-refractivity contribution in [3.05, 3.63) is 35.5 Å². The van der Waals surface area contributed by atoms with E-state index in [1.165, 1.54) is 11.2 Å². The van der Waals surface area contributed by atoms with Crippen LogP contribution >= 0.6 is 0 Å². The molecule has 0 bridgehead atoms. The van der Waals surface area contributed by atoms with Crippen LogP contribution in [0.15, 0.2) is 27.7 Å². The quantitative estimate of drug-likeness (QED) is 0.726. The van der Waals surface area contributed by atoms with Gasteiger partial charge in [0.05, 0.1) is 24.2 Å². The third-order valence-corrected chi connectivity index (χ3v) is 6.06. The van der Waals surface area contributed by atoms with Crippen molar-refractivity contribution in [3.8, 4) is 0 Å². The number of aromatic nitrogens is 2. The predicted octanol–water partition coefficient (Wildman–Crippen LogP) is -0.118. The third-order valence-electron chi connectivity index (χ3n) is 4.39. The second kappa shape index (κ2) is 7.53. The molecule has 0 unspecified atom stereocenters. The van der Waals surface area contributed by atoms with Crippen molar-refractivity contribution in [2.75, 3.05) is 32.7 Å². The van der Waals surface area contributed by atoms with Crippen LogP contribution in [0.25, 0.3) is 0 Å². The molecule has 0 radical (unpaired) electrons. The number of sulfonamides is 1. The van der Waals surface area contributed by atoms with Crippen molar-refractivity contribution in [2.24, 2.45) is 0 Å². The standard InChI is InChI=1S/C16H21N5O5S/c1-11-15(12(2)19-18-11)27(24,25)17-10-14(22)20-5-7-21(8-6-20)16(23)13-4-3-9-26-13/h3-4,9,17H,5-8,10H2,1-2H3,(H,18,19). The first-order chi connectivity index (χ1) is 12.8. The molecule has 146 valence electrons. The van der Waals surface area contributed by atoms with Gasteiger partial charge in [-0.05, 0) is 26.0 Å². The van der Waals surface area contributed by atoms with Crippen LogP contribution in [0, 0.1) is 13.8 Å². The molecule has 1 saturated heterocycles. The molecular formula is C16H21N5O5S. The maximum Gasteiger partial charge on any atom is 0.289 e. The molecule has 1 fully saturated rings. The molecule has 1 aliphatic heterocycles. The van der Waals surface area contributed by atoms with Crippen LogP contribution in [-0.2, 0) is 14.8 Å². The van der Waals surface area contributed by atoms with E-state index in [0.717, 1.165) is 0 Å². The molecule has 3 rings (SSSR count). The first-order valence-electron chi connectivity index (χ1n) is 8.41. The SMILES string of the molecule is Cc1n[nH]c(C)c1S(=O)(=O)NCC(=O)N1CCN(C(=O)c2ccco2)CC1. The fourth-order valence-electron chi connectivity index (χ4n) is 2.99. The zero-order chi connectivity index (χ0) is 19.6. The molecule has 0 saturated carbocycles. The van der Waals surface area contributed by atoms with Gasteiger partial charge < -0.3 is 14.2 Å². The topological polar surface area (TPSA) is 129 Å². The Bertz CT molecular complexity index is 907. The van der Waals surface area contributed by atoms with Crippen LogP contribution in [0.2, 0.25) is 0 Å². The molecule has 10 nitrogen and oxygen atoms in total. The summed E-state index contributed by atoms with van der Waals surface area (Å²) in [6, 6.07) is 3.23. The van der Waals surface area contributed by atoms with Gasteiger partial charge in [-0.25, -0.2) is 13.1 Å². The number of aromatic amines is 1. The van der Waals surface area contributed by atoms with Crippen LogP contribution in [0.4, 0.5) is 0 Å². The molecule has 0 atom stereocenters. The van der Waals surface area contributed by atoms with Crippen LogP contribution in [0.3, 0.4) is 0 Å². The van der Waals surface area contributed by atoms with E-state index in [-0.39, 0.29) is 29.0 Å². The average molecular weight is 395 g/mol. The first-order valence-corrected chi connectivity index (χ1v) is 9.89. The van der Waals surface area contributed by atoms with Crippen LogP contribution in [0.1, 0.15) is 21.9 Å². The number of aryl methyl sites for hydroxylation is 2. The van der Waals surface area contributed by atoms with Gasteiger partial charge in [-0.3, -0.25) is 14.7 Å². The second-order valence-corrected chi connectivity index (χ2v) is 7.94.